The average Bonchev–Trinajstić information content (AvgIpc) is 2.78. The number of phenols is 1. The largest absolute Gasteiger partial charge is 0.508 e. The van der Waals surface area contributed by atoms with Gasteiger partial charge in [0, 0.05) is 15.6 Å². The predicted octanol–water partition coefficient (Wildman–Crippen LogP) is 6.47. The lowest BCUT2D eigenvalue weighted by molar-refractivity contribution is -0.122. The molecule has 35 heavy (non-hydrogen) atoms. The molecule has 0 aliphatic carbocycles. The number of barbiturate groups is 1. The maximum Gasteiger partial charge on any atom is 0.335 e. The third-order valence-corrected chi connectivity index (χ3v) is 6.69. The van der Waals surface area contributed by atoms with Crippen LogP contribution in [-0.2, 0) is 16.2 Å². The molecule has 2 N–H and O–H groups in total. The van der Waals surface area contributed by atoms with E-state index >= 15 is 0 Å². The summed E-state index contributed by atoms with van der Waals surface area (Å²) in [5.74, 6) is -1.16. The van der Waals surface area contributed by atoms with E-state index in [4.69, 9.17) is 27.9 Å². The first kappa shape index (κ1) is 25.2. The molecule has 1 heterocycles. The zero-order valence-electron chi connectivity index (χ0n) is 17.5. The van der Waals surface area contributed by atoms with E-state index in [1.54, 1.807) is 30.3 Å². The highest BCUT2D eigenvalue weighted by Crippen LogP contribution is 2.37. The van der Waals surface area contributed by atoms with Gasteiger partial charge in [-0.15, -0.1) is 0 Å². The van der Waals surface area contributed by atoms with Crippen molar-refractivity contribution in [3.63, 3.8) is 0 Å². The number of benzene rings is 3. The molecular formula is C24H14Br2Cl2N2O5. The molecule has 0 aromatic heterocycles. The molecule has 0 radical (unpaired) electrons. The lowest BCUT2D eigenvalue weighted by atomic mass is 10.1. The van der Waals surface area contributed by atoms with E-state index in [0.717, 1.165) is 10.5 Å². The van der Waals surface area contributed by atoms with Gasteiger partial charge in [-0.25, -0.2) is 9.69 Å². The molecule has 7 nitrogen and oxygen atoms in total. The minimum Gasteiger partial charge on any atom is -0.508 e. The summed E-state index contributed by atoms with van der Waals surface area (Å²) in [6.07, 6.45) is 1.37. The number of nitrogens with zero attached hydrogens (tertiary/aromatic N) is 1. The number of carbonyl (C=O) groups is 3. The number of aromatic hydroxyl groups is 1. The Balaban J connectivity index is 1.60. The standard InChI is InChI=1S/C24H14Br2Cl2N2O5/c25-18-8-12(9-19(26)21(18)35-11-13-1-2-14(27)10-20(13)28)7-17-22(32)29-24(34)30(23(17)33)15-3-5-16(31)6-4-15/h1-10,31H,11H2,(H,29,32,34)/b17-7+. The number of halogens is 4. The summed E-state index contributed by atoms with van der Waals surface area (Å²) in [5, 5.41) is 12.6. The third-order valence-electron chi connectivity index (χ3n) is 4.93. The Morgan fingerprint density at radius 1 is 0.971 bits per heavy atom. The normalized spacial score (nSPS) is 14.9. The number of rotatable bonds is 5. The molecule has 0 bridgehead atoms. The van der Waals surface area contributed by atoms with Crippen molar-refractivity contribution < 1.29 is 24.2 Å². The number of hydrogen-bond acceptors (Lipinski definition) is 5. The Kier molecular flexibility index (Phi) is 7.51. The maximum absolute atomic E-state index is 13.0. The zero-order chi connectivity index (χ0) is 25.3. The highest BCUT2D eigenvalue weighted by atomic mass is 79.9. The first-order chi connectivity index (χ1) is 16.6. The van der Waals surface area contributed by atoms with Crippen LogP contribution < -0.4 is 15.0 Å². The summed E-state index contributed by atoms with van der Waals surface area (Å²) in [7, 11) is 0. The molecule has 1 aliphatic heterocycles. The van der Waals surface area contributed by atoms with Crippen LogP contribution in [0.4, 0.5) is 10.5 Å². The smallest absolute Gasteiger partial charge is 0.335 e. The fourth-order valence-corrected chi connectivity index (χ4v) is 5.16. The summed E-state index contributed by atoms with van der Waals surface area (Å²) in [6.45, 7) is 0.179. The van der Waals surface area contributed by atoms with Gasteiger partial charge in [0.15, 0.2) is 0 Å². The monoisotopic (exact) mass is 638 g/mol. The highest BCUT2D eigenvalue weighted by molar-refractivity contribution is 9.11. The van der Waals surface area contributed by atoms with Gasteiger partial charge in [-0.05, 0) is 92.0 Å². The second-order valence-electron chi connectivity index (χ2n) is 7.31. The van der Waals surface area contributed by atoms with Crippen LogP contribution in [-0.4, -0.2) is 23.0 Å². The molecule has 3 aromatic carbocycles. The fourth-order valence-electron chi connectivity index (χ4n) is 3.25. The van der Waals surface area contributed by atoms with Crippen LogP contribution in [0.25, 0.3) is 6.08 Å². The Labute approximate surface area is 226 Å². The van der Waals surface area contributed by atoms with Gasteiger partial charge in [-0.2, -0.15) is 0 Å². The topological polar surface area (TPSA) is 95.9 Å². The molecule has 4 rings (SSSR count). The molecule has 3 aromatic rings. The van der Waals surface area contributed by atoms with Crippen molar-refractivity contribution in [3.8, 4) is 11.5 Å². The molecule has 4 amide bonds. The van der Waals surface area contributed by atoms with Crippen LogP contribution in [0.15, 0.2) is 69.1 Å². The Morgan fingerprint density at radius 2 is 1.63 bits per heavy atom. The molecule has 1 saturated heterocycles. The van der Waals surface area contributed by atoms with Crippen molar-refractivity contribution in [1.82, 2.24) is 5.32 Å². The predicted molar refractivity (Wildman–Crippen MR) is 140 cm³/mol. The molecule has 0 spiro atoms. The van der Waals surface area contributed by atoms with Gasteiger partial charge >= 0.3 is 6.03 Å². The maximum atomic E-state index is 13.0. The molecule has 0 atom stereocenters. The minimum absolute atomic E-state index is 0.0270. The molecule has 11 heteroatoms. The van der Waals surface area contributed by atoms with Gasteiger partial charge in [-0.1, -0.05) is 29.3 Å². The minimum atomic E-state index is -0.880. The first-order valence-electron chi connectivity index (χ1n) is 9.90. The molecule has 0 saturated carbocycles. The number of amides is 4. The van der Waals surface area contributed by atoms with E-state index in [0.29, 0.717) is 30.3 Å². The summed E-state index contributed by atoms with van der Waals surface area (Å²) >= 11 is 19.0. The van der Waals surface area contributed by atoms with E-state index in [9.17, 15) is 19.5 Å². The number of phenolic OH excluding ortho intramolecular Hbond substituents is 1. The van der Waals surface area contributed by atoms with Crippen LogP contribution in [0.2, 0.25) is 10.0 Å². The van der Waals surface area contributed by atoms with Crippen molar-refractivity contribution in [3.05, 3.63) is 90.3 Å². The van der Waals surface area contributed by atoms with Crippen LogP contribution in [0.3, 0.4) is 0 Å². The summed E-state index contributed by atoms with van der Waals surface area (Å²) < 4.78 is 7.01. The second-order valence-corrected chi connectivity index (χ2v) is 9.86. The number of imide groups is 2. The highest BCUT2D eigenvalue weighted by Gasteiger charge is 2.36. The van der Waals surface area contributed by atoms with Gasteiger partial charge in [0.1, 0.15) is 23.7 Å². The van der Waals surface area contributed by atoms with E-state index in [1.807, 2.05) is 0 Å². The van der Waals surface area contributed by atoms with Gasteiger partial charge in [0.25, 0.3) is 11.8 Å². The van der Waals surface area contributed by atoms with Crippen LogP contribution in [0.5, 0.6) is 11.5 Å². The summed E-state index contributed by atoms with van der Waals surface area (Å²) in [4.78, 5) is 38.6. The van der Waals surface area contributed by atoms with Gasteiger partial charge in [0.2, 0.25) is 0 Å². The summed E-state index contributed by atoms with van der Waals surface area (Å²) in [6, 6.07) is 13.0. The van der Waals surface area contributed by atoms with Crippen molar-refractivity contribution >= 4 is 84.7 Å². The molecule has 1 aliphatic rings. The van der Waals surface area contributed by atoms with Crippen molar-refractivity contribution in [2.24, 2.45) is 0 Å². The van der Waals surface area contributed by atoms with Gasteiger partial charge < -0.3 is 9.84 Å². The number of carbonyl (C=O) groups excluding carboxylic acids is 3. The van der Waals surface area contributed by atoms with E-state index in [-0.39, 0.29) is 23.6 Å². The van der Waals surface area contributed by atoms with Gasteiger partial charge in [0.05, 0.1) is 14.6 Å². The number of anilines is 1. The van der Waals surface area contributed by atoms with Crippen molar-refractivity contribution in [1.29, 1.82) is 0 Å². The average molecular weight is 641 g/mol. The Morgan fingerprint density at radius 3 is 2.26 bits per heavy atom. The quantitative estimate of drug-likeness (QED) is 0.246. The Bertz CT molecular complexity index is 1370. The Hall–Kier alpha value is -2.85. The molecular weight excluding hydrogens is 627 g/mol. The number of urea groups is 1. The number of nitrogens with one attached hydrogen (secondary N) is 1. The van der Waals surface area contributed by atoms with Gasteiger partial charge in [-0.3, -0.25) is 14.9 Å². The lowest BCUT2D eigenvalue weighted by Gasteiger charge is -2.26. The van der Waals surface area contributed by atoms with Crippen molar-refractivity contribution in [2.45, 2.75) is 6.61 Å². The van der Waals surface area contributed by atoms with E-state index in [2.05, 4.69) is 37.2 Å². The summed E-state index contributed by atoms with van der Waals surface area (Å²) in [5.41, 5.74) is 1.21. The van der Waals surface area contributed by atoms with Crippen LogP contribution in [0, 0.1) is 0 Å². The molecule has 0 unspecified atom stereocenters. The molecule has 1 fully saturated rings. The fraction of sp³-hybridized carbons (Fsp3) is 0.0417. The first-order valence-corrected chi connectivity index (χ1v) is 12.2. The van der Waals surface area contributed by atoms with E-state index in [1.165, 1.54) is 30.3 Å². The van der Waals surface area contributed by atoms with Crippen LogP contribution in [0.1, 0.15) is 11.1 Å². The van der Waals surface area contributed by atoms with Crippen molar-refractivity contribution in [2.75, 3.05) is 4.90 Å². The zero-order valence-corrected chi connectivity index (χ0v) is 22.2. The van der Waals surface area contributed by atoms with E-state index < -0.39 is 17.8 Å². The SMILES string of the molecule is O=C1NC(=O)N(c2ccc(O)cc2)C(=O)/C1=C/c1cc(Br)c(OCc2ccc(Cl)cc2Cl)c(Br)c1. The molecule has 178 valence electrons. The second kappa shape index (κ2) is 10.4. The van der Waals surface area contributed by atoms with Crippen LogP contribution >= 0.6 is 55.1 Å². The third kappa shape index (κ3) is 5.54. The number of ether oxygens (including phenoxy) is 1. The number of hydrogen-bond donors (Lipinski definition) is 2. The lowest BCUT2D eigenvalue weighted by Crippen LogP contribution is -2.54.